The number of carbonyl (C=O) groups is 1. The summed E-state index contributed by atoms with van der Waals surface area (Å²) in [6, 6.07) is 8.17. The first-order chi connectivity index (χ1) is 15.7. The third kappa shape index (κ3) is 5.26. The van der Waals surface area contributed by atoms with Crippen molar-refractivity contribution in [3.05, 3.63) is 71.0 Å². The van der Waals surface area contributed by atoms with Crippen LogP contribution in [0.3, 0.4) is 0 Å². The van der Waals surface area contributed by atoms with Gasteiger partial charge >= 0.3 is 5.97 Å². The molecule has 1 saturated heterocycles. The molecule has 0 saturated carbocycles. The summed E-state index contributed by atoms with van der Waals surface area (Å²) in [6.07, 6.45) is 0.403. The highest BCUT2D eigenvalue weighted by molar-refractivity contribution is 7.89. The number of benzene rings is 2. The predicted molar refractivity (Wildman–Crippen MR) is 115 cm³/mol. The SMILES string of the molecule is O=C(OCc1csc(-c2ccc(F)cc2)n1)C1CCN(S(=O)(=O)c2cc(F)ccc2F)CC1. The molecule has 1 aliphatic heterocycles. The average Bonchev–Trinajstić information content (AvgIpc) is 3.28. The van der Waals surface area contributed by atoms with Crippen molar-refractivity contribution in [2.45, 2.75) is 24.3 Å². The van der Waals surface area contributed by atoms with E-state index in [1.54, 1.807) is 17.5 Å². The van der Waals surface area contributed by atoms with Crippen LogP contribution in [0.1, 0.15) is 18.5 Å². The molecule has 3 aromatic rings. The quantitative estimate of drug-likeness (QED) is 0.474. The van der Waals surface area contributed by atoms with Crippen LogP contribution in [0.15, 0.2) is 52.7 Å². The van der Waals surface area contributed by atoms with E-state index in [1.165, 1.54) is 23.5 Å². The normalized spacial score (nSPS) is 15.5. The molecule has 2 aromatic carbocycles. The Morgan fingerprint density at radius 2 is 1.73 bits per heavy atom. The smallest absolute Gasteiger partial charge is 0.309 e. The van der Waals surface area contributed by atoms with Gasteiger partial charge in [0.05, 0.1) is 11.6 Å². The molecule has 0 unspecified atom stereocenters. The van der Waals surface area contributed by atoms with Crippen LogP contribution in [-0.2, 0) is 26.2 Å². The third-order valence-corrected chi connectivity index (χ3v) is 8.16. The lowest BCUT2D eigenvalue weighted by molar-refractivity contribution is -0.151. The Labute approximate surface area is 192 Å². The van der Waals surface area contributed by atoms with E-state index in [2.05, 4.69) is 4.98 Å². The number of carbonyl (C=O) groups excluding carboxylic acids is 1. The lowest BCUT2D eigenvalue weighted by atomic mass is 9.98. The van der Waals surface area contributed by atoms with E-state index < -0.39 is 38.4 Å². The lowest BCUT2D eigenvalue weighted by Crippen LogP contribution is -2.40. The number of nitrogens with zero attached hydrogens (tertiary/aromatic N) is 2. The molecule has 174 valence electrons. The molecule has 2 heterocycles. The van der Waals surface area contributed by atoms with Gasteiger partial charge in [0.2, 0.25) is 10.0 Å². The van der Waals surface area contributed by atoms with Gasteiger partial charge in [-0.05, 0) is 55.3 Å². The van der Waals surface area contributed by atoms with Crippen LogP contribution in [0.25, 0.3) is 10.6 Å². The largest absolute Gasteiger partial charge is 0.459 e. The molecule has 0 spiro atoms. The first-order valence-corrected chi connectivity index (χ1v) is 12.4. The second-order valence-corrected chi connectivity index (χ2v) is 10.3. The van der Waals surface area contributed by atoms with Crippen molar-refractivity contribution in [2.75, 3.05) is 13.1 Å². The number of hydrogen-bond acceptors (Lipinski definition) is 6. The molecule has 0 atom stereocenters. The van der Waals surface area contributed by atoms with E-state index in [0.717, 1.165) is 22.0 Å². The Bertz CT molecular complexity index is 1250. The Morgan fingerprint density at radius 3 is 2.42 bits per heavy atom. The number of esters is 1. The van der Waals surface area contributed by atoms with Crippen molar-refractivity contribution in [1.82, 2.24) is 9.29 Å². The zero-order valence-electron chi connectivity index (χ0n) is 17.2. The highest BCUT2D eigenvalue weighted by atomic mass is 32.2. The second kappa shape index (κ2) is 9.62. The lowest BCUT2D eigenvalue weighted by Gasteiger charge is -2.30. The van der Waals surface area contributed by atoms with E-state index in [4.69, 9.17) is 4.74 Å². The molecular formula is C22H19F3N2O4S2. The van der Waals surface area contributed by atoms with E-state index in [9.17, 15) is 26.4 Å². The van der Waals surface area contributed by atoms with Crippen molar-refractivity contribution >= 4 is 27.3 Å². The molecule has 33 heavy (non-hydrogen) atoms. The van der Waals surface area contributed by atoms with Gasteiger partial charge in [0.1, 0.15) is 34.0 Å². The minimum Gasteiger partial charge on any atom is -0.459 e. The Balaban J connectivity index is 1.32. The maximum atomic E-state index is 13.9. The monoisotopic (exact) mass is 496 g/mol. The predicted octanol–water partition coefficient (Wildman–Crippen LogP) is 4.37. The summed E-state index contributed by atoms with van der Waals surface area (Å²) in [5.74, 6) is -3.20. The summed E-state index contributed by atoms with van der Waals surface area (Å²) in [5, 5.41) is 2.42. The zero-order valence-corrected chi connectivity index (χ0v) is 18.8. The van der Waals surface area contributed by atoms with Gasteiger partial charge in [-0.25, -0.2) is 26.6 Å². The van der Waals surface area contributed by atoms with Crippen LogP contribution in [0.5, 0.6) is 0 Å². The maximum Gasteiger partial charge on any atom is 0.309 e. The van der Waals surface area contributed by atoms with Crippen molar-refractivity contribution in [2.24, 2.45) is 5.92 Å². The first-order valence-electron chi connectivity index (χ1n) is 10.1. The molecule has 1 aliphatic rings. The van der Waals surface area contributed by atoms with Gasteiger partial charge in [-0.15, -0.1) is 11.3 Å². The number of piperidine rings is 1. The van der Waals surface area contributed by atoms with Crippen LogP contribution in [0.4, 0.5) is 13.2 Å². The highest BCUT2D eigenvalue weighted by Crippen LogP contribution is 2.28. The summed E-state index contributed by atoms with van der Waals surface area (Å²) in [4.78, 5) is 16.1. The number of thiazole rings is 1. The van der Waals surface area contributed by atoms with Crippen LogP contribution >= 0.6 is 11.3 Å². The number of hydrogen-bond donors (Lipinski definition) is 0. The van der Waals surface area contributed by atoms with Gasteiger partial charge in [0, 0.05) is 24.0 Å². The number of sulfonamides is 1. The summed E-state index contributed by atoms with van der Waals surface area (Å²) >= 11 is 1.34. The van der Waals surface area contributed by atoms with Crippen LogP contribution in [0, 0.1) is 23.4 Å². The first kappa shape index (κ1) is 23.4. The standard InChI is InChI=1S/C22H19F3N2O4S2/c23-16-3-1-14(2-4-16)21-26-18(13-32-21)12-31-22(28)15-7-9-27(10-8-15)33(29,30)20-11-17(24)5-6-19(20)25/h1-6,11,13,15H,7-10,12H2. The summed E-state index contributed by atoms with van der Waals surface area (Å²) < 4.78 is 72.1. The molecule has 0 N–H and O–H groups in total. The van der Waals surface area contributed by atoms with Gasteiger partial charge in [-0.3, -0.25) is 4.79 Å². The molecule has 6 nitrogen and oxygen atoms in total. The number of rotatable bonds is 6. The van der Waals surface area contributed by atoms with E-state index in [1.807, 2.05) is 0 Å². The van der Waals surface area contributed by atoms with Crippen molar-refractivity contribution in [3.8, 4) is 10.6 Å². The number of aromatic nitrogens is 1. The van der Waals surface area contributed by atoms with Crippen molar-refractivity contribution in [1.29, 1.82) is 0 Å². The number of halogens is 3. The zero-order chi connectivity index (χ0) is 23.6. The molecule has 0 aliphatic carbocycles. The van der Waals surface area contributed by atoms with Crippen molar-refractivity contribution in [3.63, 3.8) is 0 Å². The van der Waals surface area contributed by atoms with Crippen LogP contribution in [-0.4, -0.2) is 36.8 Å². The molecule has 0 amide bonds. The van der Waals surface area contributed by atoms with Crippen LogP contribution in [0.2, 0.25) is 0 Å². The fourth-order valence-electron chi connectivity index (χ4n) is 3.51. The second-order valence-electron chi connectivity index (χ2n) is 7.51. The van der Waals surface area contributed by atoms with E-state index >= 15 is 0 Å². The molecule has 1 fully saturated rings. The molecule has 11 heteroatoms. The fourth-order valence-corrected chi connectivity index (χ4v) is 5.86. The van der Waals surface area contributed by atoms with Gasteiger partial charge < -0.3 is 4.74 Å². The summed E-state index contributed by atoms with van der Waals surface area (Å²) in [5.41, 5.74) is 1.30. The topological polar surface area (TPSA) is 76.6 Å². The molecular weight excluding hydrogens is 477 g/mol. The third-order valence-electron chi connectivity index (χ3n) is 5.30. The summed E-state index contributed by atoms with van der Waals surface area (Å²) in [7, 11) is -4.21. The van der Waals surface area contributed by atoms with Gasteiger partial charge in [-0.2, -0.15) is 4.31 Å². The van der Waals surface area contributed by atoms with E-state index in [-0.39, 0.29) is 38.4 Å². The highest BCUT2D eigenvalue weighted by Gasteiger charge is 2.34. The number of ether oxygens (including phenoxy) is 1. The van der Waals surface area contributed by atoms with E-state index in [0.29, 0.717) is 16.8 Å². The maximum absolute atomic E-state index is 13.9. The van der Waals surface area contributed by atoms with Crippen LogP contribution < -0.4 is 0 Å². The summed E-state index contributed by atoms with van der Waals surface area (Å²) in [6.45, 7) is -0.0590. The van der Waals surface area contributed by atoms with Crippen molar-refractivity contribution < 1.29 is 31.1 Å². The minimum atomic E-state index is -4.21. The molecule has 0 radical (unpaired) electrons. The van der Waals surface area contributed by atoms with Gasteiger partial charge in [0.25, 0.3) is 0 Å². The van der Waals surface area contributed by atoms with Gasteiger partial charge in [0.15, 0.2) is 0 Å². The van der Waals surface area contributed by atoms with Gasteiger partial charge in [-0.1, -0.05) is 0 Å². The molecule has 4 rings (SSSR count). The Hall–Kier alpha value is -2.76. The fraction of sp³-hybridized carbons (Fsp3) is 0.273. The molecule has 0 bridgehead atoms. The molecule has 1 aromatic heterocycles. The minimum absolute atomic E-state index is 0.0104. The average molecular weight is 497 g/mol. The Morgan fingerprint density at radius 1 is 1.06 bits per heavy atom. The Kier molecular flexibility index (Phi) is 6.82.